The smallest absolute Gasteiger partial charge is 0.203 e. The summed E-state index contributed by atoms with van der Waals surface area (Å²) < 4.78 is 16.9. The molecule has 0 aliphatic heterocycles. The summed E-state index contributed by atoms with van der Waals surface area (Å²) >= 11 is 0. The van der Waals surface area contributed by atoms with Crippen LogP contribution in [0, 0.1) is 0 Å². The van der Waals surface area contributed by atoms with Gasteiger partial charge in [0, 0.05) is 11.1 Å². The van der Waals surface area contributed by atoms with Crippen LogP contribution in [0.3, 0.4) is 0 Å². The number of ether oxygens (including phenoxy) is 3. The summed E-state index contributed by atoms with van der Waals surface area (Å²) in [6.07, 6.45) is 1.72. The molecule has 2 aromatic carbocycles. The molecule has 0 aromatic heterocycles. The fourth-order valence-corrected chi connectivity index (χ4v) is 2.68. The average molecular weight is 342 g/mol. The molecule has 134 valence electrons. The van der Waals surface area contributed by atoms with Crippen LogP contribution in [0.1, 0.15) is 49.2 Å². The van der Waals surface area contributed by atoms with Gasteiger partial charge in [-0.1, -0.05) is 39.8 Å². The molecule has 0 unspecified atom stereocenters. The van der Waals surface area contributed by atoms with Gasteiger partial charge in [0.25, 0.3) is 0 Å². The van der Waals surface area contributed by atoms with E-state index in [2.05, 4.69) is 39.8 Å². The minimum absolute atomic E-state index is 0.0832. The average Bonchev–Trinajstić information content (AvgIpc) is 2.60. The first-order valence-corrected chi connectivity index (χ1v) is 8.36. The van der Waals surface area contributed by atoms with E-state index >= 15 is 0 Å². The molecule has 0 spiro atoms. The zero-order valence-corrected chi connectivity index (χ0v) is 15.8. The quantitative estimate of drug-likeness (QED) is 0.680. The number of aldehydes is 1. The Balaban J connectivity index is 2.58. The van der Waals surface area contributed by atoms with Crippen LogP contribution >= 0.6 is 0 Å². The SMILES string of the molecule is CCc1ccc(Oc2cc(C=O)cc(OC)c2OC)c(C(C)(C)C)c1. The minimum atomic E-state index is -0.0832. The first-order valence-electron chi connectivity index (χ1n) is 8.36. The first kappa shape index (κ1) is 18.8. The van der Waals surface area contributed by atoms with Gasteiger partial charge in [-0.3, -0.25) is 4.79 Å². The standard InChI is InChI=1S/C21H26O4/c1-7-14-8-9-17(16(10-14)21(2,3)4)25-19-12-15(13-22)11-18(23-5)20(19)24-6/h8-13H,7H2,1-6H3. The van der Waals surface area contributed by atoms with E-state index < -0.39 is 0 Å². The van der Waals surface area contributed by atoms with Crippen LogP contribution in [0.5, 0.6) is 23.0 Å². The summed E-state index contributed by atoms with van der Waals surface area (Å²) in [6.45, 7) is 8.57. The second-order valence-electron chi connectivity index (χ2n) is 6.91. The zero-order valence-electron chi connectivity index (χ0n) is 15.8. The van der Waals surface area contributed by atoms with Gasteiger partial charge in [-0.2, -0.15) is 0 Å². The maximum Gasteiger partial charge on any atom is 0.203 e. The fraction of sp³-hybridized carbons (Fsp3) is 0.381. The van der Waals surface area contributed by atoms with Crippen molar-refractivity contribution in [1.82, 2.24) is 0 Å². The summed E-state index contributed by atoms with van der Waals surface area (Å²) in [4.78, 5) is 11.2. The maximum atomic E-state index is 11.2. The van der Waals surface area contributed by atoms with Crippen molar-refractivity contribution in [2.24, 2.45) is 0 Å². The Labute approximate surface area is 149 Å². The van der Waals surface area contributed by atoms with E-state index in [1.165, 1.54) is 12.7 Å². The molecule has 0 aliphatic rings. The van der Waals surface area contributed by atoms with Gasteiger partial charge < -0.3 is 14.2 Å². The Kier molecular flexibility index (Phi) is 5.73. The van der Waals surface area contributed by atoms with Crippen molar-refractivity contribution in [3.8, 4) is 23.0 Å². The summed E-state index contributed by atoms with van der Waals surface area (Å²) in [5, 5.41) is 0. The van der Waals surface area contributed by atoms with Crippen molar-refractivity contribution < 1.29 is 19.0 Å². The molecular weight excluding hydrogens is 316 g/mol. The highest BCUT2D eigenvalue weighted by Crippen LogP contribution is 2.42. The Hall–Kier alpha value is -2.49. The molecule has 0 saturated carbocycles. The van der Waals surface area contributed by atoms with Gasteiger partial charge in [0.2, 0.25) is 5.75 Å². The van der Waals surface area contributed by atoms with Crippen molar-refractivity contribution in [1.29, 1.82) is 0 Å². The highest BCUT2D eigenvalue weighted by Gasteiger charge is 2.22. The van der Waals surface area contributed by atoms with Gasteiger partial charge in [-0.05, 0) is 35.6 Å². The zero-order chi connectivity index (χ0) is 18.6. The Morgan fingerprint density at radius 1 is 0.960 bits per heavy atom. The van der Waals surface area contributed by atoms with E-state index in [1.807, 2.05) is 6.07 Å². The van der Waals surface area contributed by atoms with E-state index in [4.69, 9.17) is 14.2 Å². The number of carbonyl (C=O) groups is 1. The predicted molar refractivity (Wildman–Crippen MR) is 99.5 cm³/mol. The highest BCUT2D eigenvalue weighted by molar-refractivity contribution is 5.78. The van der Waals surface area contributed by atoms with Crippen molar-refractivity contribution in [3.63, 3.8) is 0 Å². The molecule has 0 heterocycles. The van der Waals surface area contributed by atoms with Crippen molar-refractivity contribution in [2.45, 2.75) is 39.5 Å². The molecule has 0 amide bonds. The summed E-state index contributed by atoms with van der Waals surface area (Å²) in [7, 11) is 3.09. The van der Waals surface area contributed by atoms with Crippen LogP contribution in [-0.2, 0) is 11.8 Å². The monoisotopic (exact) mass is 342 g/mol. The third-order valence-corrected chi connectivity index (χ3v) is 4.08. The second kappa shape index (κ2) is 7.60. The van der Waals surface area contributed by atoms with Crippen LogP contribution in [0.15, 0.2) is 30.3 Å². The third-order valence-electron chi connectivity index (χ3n) is 4.08. The molecule has 0 radical (unpaired) electrons. The lowest BCUT2D eigenvalue weighted by atomic mass is 9.85. The molecule has 0 aliphatic carbocycles. The highest BCUT2D eigenvalue weighted by atomic mass is 16.5. The molecule has 0 atom stereocenters. The predicted octanol–water partition coefficient (Wildman–Crippen LogP) is 5.17. The van der Waals surface area contributed by atoms with Gasteiger partial charge in [0.1, 0.15) is 12.0 Å². The van der Waals surface area contributed by atoms with Gasteiger partial charge >= 0.3 is 0 Å². The third kappa shape index (κ3) is 4.13. The lowest BCUT2D eigenvalue weighted by Gasteiger charge is -2.24. The molecule has 0 saturated heterocycles. The maximum absolute atomic E-state index is 11.2. The number of benzene rings is 2. The van der Waals surface area contributed by atoms with Crippen LogP contribution in [-0.4, -0.2) is 20.5 Å². The van der Waals surface area contributed by atoms with E-state index in [0.717, 1.165) is 24.0 Å². The Morgan fingerprint density at radius 3 is 2.16 bits per heavy atom. The van der Waals surface area contributed by atoms with Crippen LogP contribution in [0.25, 0.3) is 0 Å². The number of hydrogen-bond acceptors (Lipinski definition) is 4. The van der Waals surface area contributed by atoms with E-state index in [0.29, 0.717) is 22.8 Å². The molecule has 2 aromatic rings. The Bertz CT molecular complexity index is 757. The van der Waals surface area contributed by atoms with Crippen molar-refractivity contribution >= 4 is 6.29 Å². The summed E-state index contributed by atoms with van der Waals surface area (Å²) in [5.74, 6) is 2.13. The molecular formula is C21H26O4. The number of carbonyl (C=O) groups excluding carboxylic acids is 1. The van der Waals surface area contributed by atoms with Crippen molar-refractivity contribution in [2.75, 3.05) is 14.2 Å². The number of aryl methyl sites for hydroxylation is 1. The van der Waals surface area contributed by atoms with Gasteiger partial charge in [0.15, 0.2) is 11.5 Å². The van der Waals surface area contributed by atoms with E-state index in [-0.39, 0.29) is 5.41 Å². The van der Waals surface area contributed by atoms with Crippen LogP contribution in [0.4, 0.5) is 0 Å². The van der Waals surface area contributed by atoms with E-state index in [9.17, 15) is 4.79 Å². The molecule has 0 fully saturated rings. The summed E-state index contributed by atoms with van der Waals surface area (Å²) in [5.41, 5.74) is 2.74. The molecule has 0 N–H and O–H groups in total. The van der Waals surface area contributed by atoms with E-state index in [1.54, 1.807) is 19.2 Å². The normalized spacial score (nSPS) is 11.1. The van der Waals surface area contributed by atoms with Crippen LogP contribution < -0.4 is 14.2 Å². The molecule has 2 rings (SSSR count). The molecule has 4 nitrogen and oxygen atoms in total. The second-order valence-corrected chi connectivity index (χ2v) is 6.91. The number of methoxy groups -OCH3 is 2. The number of hydrogen-bond donors (Lipinski definition) is 0. The molecule has 0 bridgehead atoms. The topological polar surface area (TPSA) is 44.8 Å². The number of rotatable bonds is 6. The first-order chi connectivity index (χ1) is 11.8. The molecule has 4 heteroatoms. The van der Waals surface area contributed by atoms with Gasteiger partial charge in [-0.25, -0.2) is 0 Å². The van der Waals surface area contributed by atoms with Gasteiger partial charge in [0.05, 0.1) is 14.2 Å². The molecule has 25 heavy (non-hydrogen) atoms. The minimum Gasteiger partial charge on any atom is -0.493 e. The Morgan fingerprint density at radius 2 is 1.64 bits per heavy atom. The van der Waals surface area contributed by atoms with Gasteiger partial charge in [-0.15, -0.1) is 0 Å². The lowest BCUT2D eigenvalue weighted by Crippen LogP contribution is -2.13. The van der Waals surface area contributed by atoms with Crippen molar-refractivity contribution in [3.05, 3.63) is 47.0 Å². The lowest BCUT2D eigenvalue weighted by molar-refractivity contribution is 0.112. The fourth-order valence-electron chi connectivity index (χ4n) is 2.68. The summed E-state index contributed by atoms with van der Waals surface area (Å²) in [6, 6.07) is 9.48. The largest absolute Gasteiger partial charge is 0.493 e. The van der Waals surface area contributed by atoms with Crippen LogP contribution in [0.2, 0.25) is 0 Å².